The largest absolute Gasteiger partial charge is 0.324 e. The number of hydrogen-bond donors (Lipinski definition) is 2. The van der Waals surface area contributed by atoms with Crippen molar-refractivity contribution in [2.45, 2.75) is 59.0 Å². The van der Waals surface area contributed by atoms with Crippen molar-refractivity contribution in [3.05, 3.63) is 69.7 Å². The monoisotopic (exact) mass is 475 g/mol. The lowest BCUT2D eigenvalue weighted by molar-refractivity contribution is 0.453. The molecule has 4 aromatic rings. The van der Waals surface area contributed by atoms with E-state index in [1.807, 2.05) is 40.7 Å². The lowest BCUT2D eigenvalue weighted by atomic mass is 9.91. The summed E-state index contributed by atoms with van der Waals surface area (Å²) < 4.78 is 18.8. The number of hydrogen-bond acceptors (Lipinski definition) is 6. The van der Waals surface area contributed by atoms with Gasteiger partial charge >= 0.3 is 0 Å². The fourth-order valence-electron chi connectivity index (χ4n) is 4.56. The average molecular weight is 476 g/mol. The highest BCUT2D eigenvalue weighted by atomic mass is 19.1. The molecule has 0 bridgehead atoms. The highest BCUT2D eigenvalue weighted by molar-refractivity contribution is 5.77. The number of pyridine rings is 1. The maximum Gasteiger partial charge on any atom is 0.278 e. The van der Waals surface area contributed by atoms with Gasteiger partial charge in [0.2, 0.25) is 5.95 Å². The number of halogens is 1. The molecule has 5 rings (SSSR count). The summed E-state index contributed by atoms with van der Waals surface area (Å²) in [6.07, 6.45) is 4.04. The molecule has 9 heteroatoms. The topological polar surface area (TPSA) is 89.7 Å². The molecule has 4 heterocycles. The molecule has 0 radical (unpaired) electrons. The predicted molar refractivity (Wildman–Crippen MR) is 135 cm³/mol. The van der Waals surface area contributed by atoms with Gasteiger partial charge in [0.25, 0.3) is 5.56 Å². The van der Waals surface area contributed by atoms with Crippen LogP contribution in [0.4, 0.5) is 16.0 Å². The van der Waals surface area contributed by atoms with Crippen molar-refractivity contribution in [3.8, 4) is 5.69 Å². The van der Waals surface area contributed by atoms with Crippen LogP contribution >= 0.6 is 0 Å². The highest BCUT2D eigenvalue weighted by Crippen LogP contribution is 2.29. The van der Waals surface area contributed by atoms with Crippen LogP contribution in [0.15, 0.2) is 41.5 Å². The predicted octanol–water partition coefficient (Wildman–Crippen LogP) is 4.38. The maximum absolute atomic E-state index is 15.8. The van der Waals surface area contributed by atoms with E-state index >= 15 is 4.39 Å². The summed E-state index contributed by atoms with van der Waals surface area (Å²) in [7, 11) is 0. The van der Waals surface area contributed by atoms with Crippen molar-refractivity contribution in [2.75, 3.05) is 11.9 Å². The summed E-state index contributed by atoms with van der Waals surface area (Å²) in [5, 5.41) is 6.96. The molecular formula is C26H30FN7O. The standard InChI is InChI=1S/C26H30FN7O/c1-15(2)33-24(35)19-14-30-25(31-18-7-6-17-13-28-10-8-16(17)12-18)32-23(19)34(33)20-9-11-29-22(21(20)27)26(3,4)5/h6-7,9,11-12,14-15,28H,8,10,13H2,1-5H3,(H,30,31,32). The van der Waals surface area contributed by atoms with Crippen LogP contribution in [0, 0.1) is 5.82 Å². The van der Waals surface area contributed by atoms with E-state index in [0.717, 1.165) is 25.2 Å². The first-order valence-electron chi connectivity index (χ1n) is 11.9. The lowest BCUT2D eigenvalue weighted by Crippen LogP contribution is -2.26. The lowest BCUT2D eigenvalue weighted by Gasteiger charge is -2.21. The molecule has 2 N–H and O–H groups in total. The molecule has 182 valence electrons. The summed E-state index contributed by atoms with van der Waals surface area (Å²) in [6, 6.07) is 7.54. The minimum atomic E-state index is -0.504. The number of anilines is 2. The minimum absolute atomic E-state index is 0.229. The van der Waals surface area contributed by atoms with Gasteiger partial charge in [0.15, 0.2) is 11.5 Å². The Bertz CT molecular complexity index is 1480. The number of nitrogens with one attached hydrogen (secondary N) is 2. The van der Waals surface area contributed by atoms with Crippen molar-refractivity contribution >= 4 is 22.7 Å². The molecule has 35 heavy (non-hydrogen) atoms. The van der Waals surface area contributed by atoms with Gasteiger partial charge in [-0.2, -0.15) is 4.98 Å². The molecule has 1 aliphatic rings. The Morgan fingerprint density at radius 3 is 2.69 bits per heavy atom. The summed E-state index contributed by atoms with van der Waals surface area (Å²) in [5.74, 6) is -0.130. The maximum atomic E-state index is 15.8. The van der Waals surface area contributed by atoms with E-state index in [1.165, 1.54) is 22.0 Å². The Balaban J connectivity index is 1.66. The van der Waals surface area contributed by atoms with E-state index in [-0.39, 0.29) is 17.3 Å². The van der Waals surface area contributed by atoms with Crippen LogP contribution in [0.1, 0.15) is 57.5 Å². The van der Waals surface area contributed by atoms with E-state index in [1.54, 1.807) is 16.9 Å². The Morgan fingerprint density at radius 1 is 1.14 bits per heavy atom. The van der Waals surface area contributed by atoms with E-state index < -0.39 is 11.2 Å². The zero-order valence-electron chi connectivity index (χ0n) is 20.7. The van der Waals surface area contributed by atoms with Gasteiger partial charge in [0.1, 0.15) is 11.1 Å². The summed E-state index contributed by atoms with van der Waals surface area (Å²) in [4.78, 5) is 26.6. The number of fused-ring (bicyclic) bond motifs is 2. The van der Waals surface area contributed by atoms with Gasteiger partial charge in [-0.15, -0.1) is 0 Å². The molecule has 0 unspecified atom stereocenters. The van der Waals surface area contributed by atoms with Crippen LogP contribution in [0.2, 0.25) is 0 Å². The highest BCUT2D eigenvalue weighted by Gasteiger charge is 2.26. The molecule has 0 fully saturated rings. The normalized spacial score (nSPS) is 13.9. The molecule has 0 aliphatic carbocycles. The van der Waals surface area contributed by atoms with E-state index in [9.17, 15) is 4.79 Å². The summed E-state index contributed by atoms with van der Waals surface area (Å²) in [5.41, 5.74) is 3.56. The molecular weight excluding hydrogens is 445 g/mol. The second kappa shape index (κ2) is 8.57. The minimum Gasteiger partial charge on any atom is -0.324 e. The third kappa shape index (κ3) is 4.10. The molecule has 8 nitrogen and oxygen atoms in total. The molecule has 1 aliphatic heterocycles. The van der Waals surface area contributed by atoms with Gasteiger partial charge in [-0.3, -0.25) is 9.78 Å². The van der Waals surface area contributed by atoms with Crippen LogP contribution in [-0.4, -0.2) is 30.9 Å². The average Bonchev–Trinajstić information content (AvgIpc) is 3.10. The first kappa shape index (κ1) is 23.2. The summed E-state index contributed by atoms with van der Waals surface area (Å²) in [6.45, 7) is 11.3. The van der Waals surface area contributed by atoms with Crippen LogP contribution in [-0.2, 0) is 18.4 Å². The van der Waals surface area contributed by atoms with Crippen molar-refractivity contribution in [1.82, 2.24) is 29.6 Å². The third-order valence-corrected chi connectivity index (χ3v) is 6.27. The Morgan fingerprint density at radius 2 is 1.94 bits per heavy atom. The number of nitrogens with zero attached hydrogens (tertiary/aromatic N) is 5. The SMILES string of the molecule is CC(C)n1c(=O)c2cnc(Nc3ccc4c(c3)CCNC4)nc2n1-c1ccnc(C(C)(C)C)c1F. The number of aromatic nitrogens is 5. The molecule has 0 saturated heterocycles. The molecule has 0 spiro atoms. The smallest absolute Gasteiger partial charge is 0.278 e. The quantitative estimate of drug-likeness (QED) is 0.455. The van der Waals surface area contributed by atoms with Gasteiger partial charge in [-0.1, -0.05) is 26.8 Å². The van der Waals surface area contributed by atoms with Gasteiger partial charge in [-0.25, -0.2) is 18.7 Å². The van der Waals surface area contributed by atoms with Crippen LogP contribution in [0.25, 0.3) is 16.7 Å². The Hall–Kier alpha value is -3.59. The zero-order chi connectivity index (χ0) is 24.9. The fourth-order valence-corrected chi connectivity index (χ4v) is 4.56. The van der Waals surface area contributed by atoms with E-state index in [0.29, 0.717) is 22.7 Å². The van der Waals surface area contributed by atoms with Gasteiger partial charge in [0.05, 0.1) is 5.69 Å². The number of benzene rings is 1. The van der Waals surface area contributed by atoms with Gasteiger partial charge in [0, 0.05) is 36.1 Å². The molecule has 0 amide bonds. The first-order valence-corrected chi connectivity index (χ1v) is 11.9. The second-order valence-corrected chi connectivity index (χ2v) is 10.3. The Kier molecular flexibility index (Phi) is 5.67. The Labute approximate surface area is 203 Å². The van der Waals surface area contributed by atoms with E-state index in [2.05, 4.69) is 37.7 Å². The second-order valence-electron chi connectivity index (χ2n) is 10.3. The van der Waals surface area contributed by atoms with Crippen LogP contribution in [0.3, 0.4) is 0 Å². The van der Waals surface area contributed by atoms with Gasteiger partial charge in [-0.05, 0) is 56.1 Å². The van der Waals surface area contributed by atoms with Crippen molar-refractivity contribution in [1.29, 1.82) is 0 Å². The van der Waals surface area contributed by atoms with Crippen molar-refractivity contribution in [3.63, 3.8) is 0 Å². The van der Waals surface area contributed by atoms with Crippen LogP contribution in [0.5, 0.6) is 0 Å². The first-order chi connectivity index (χ1) is 16.6. The van der Waals surface area contributed by atoms with Gasteiger partial charge < -0.3 is 10.6 Å². The van der Waals surface area contributed by atoms with Crippen LogP contribution < -0.4 is 16.2 Å². The third-order valence-electron chi connectivity index (χ3n) is 6.27. The summed E-state index contributed by atoms with van der Waals surface area (Å²) >= 11 is 0. The van der Waals surface area contributed by atoms with E-state index in [4.69, 9.17) is 0 Å². The molecule has 0 saturated carbocycles. The van der Waals surface area contributed by atoms with Crippen molar-refractivity contribution in [2.24, 2.45) is 0 Å². The van der Waals surface area contributed by atoms with Crippen molar-refractivity contribution < 1.29 is 4.39 Å². The zero-order valence-corrected chi connectivity index (χ0v) is 20.7. The fraction of sp³-hybridized carbons (Fsp3) is 0.385. The molecule has 3 aromatic heterocycles. The molecule has 0 atom stereocenters. The molecule has 1 aromatic carbocycles. The number of rotatable bonds is 4.